The van der Waals surface area contributed by atoms with Crippen LogP contribution in [0, 0.1) is 0 Å². The zero-order valence-corrected chi connectivity index (χ0v) is 16.9. The molecule has 0 spiro atoms. The van der Waals surface area contributed by atoms with Crippen molar-refractivity contribution >= 4 is 12.1 Å². The number of carbonyl (C=O) groups excluding carboxylic acids is 1. The van der Waals surface area contributed by atoms with E-state index < -0.39 is 5.60 Å². The summed E-state index contributed by atoms with van der Waals surface area (Å²) in [5.74, 6) is 0.802. The van der Waals surface area contributed by atoms with Crippen LogP contribution >= 0.6 is 0 Å². The third kappa shape index (κ3) is 8.43. The summed E-state index contributed by atoms with van der Waals surface area (Å²) in [7, 11) is 1.77. The number of aliphatic imine (C=N–C) groups is 1. The maximum Gasteiger partial charge on any atom is 0.410 e. The van der Waals surface area contributed by atoms with Crippen LogP contribution in [-0.2, 0) is 4.74 Å². The van der Waals surface area contributed by atoms with E-state index in [0.717, 1.165) is 38.6 Å². The fourth-order valence-electron chi connectivity index (χ4n) is 2.64. The molecule has 0 radical (unpaired) electrons. The van der Waals surface area contributed by atoms with Gasteiger partial charge >= 0.3 is 6.09 Å². The molecule has 1 fully saturated rings. The van der Waals surface area contributed by atoms with Crippen molar-refractivity contribution in [3.05, 3.63) is 0 Å². The molecule has 7 heteroatoms. The van der Waals surface area contributed by atoms with Gasteiger partial charge in [-0.05, 0) is 53.2 Å². The summed E-state index contributed by atoms with van der Waals surface area (Å²) in [5.41, 5.74) is -0.446. The number of ether oxygens (including phenoxy) is 1. The summed E-state index contributed by atoms with van der Waals surface area (Å²) in [6, 6.07) is 0.231. The van der Waals surface area contributed by atoms with Gasteiger partial charge in [0, 0.05) is 26.7 Å². The molecule has 0 aromatic carbocycles. The van der Waals surface area contributed by atoms with Crippen molar-refractivity contribution in [2.24, 2.45) is 4.99 Å². The summed E-state index contributed by atoms with van der Waals surface area (Å²) in [6.45, 7) is 15.6. The van der Waals surface area contributed by atoms with E-state index in [-0.39, 0.29) is 12.1 Å². The first-order valence-corrected chi connectivity index (χ1v) is 9.46. The number of hydrogen-bond donors (Lipinski definition) is 2. The molecule has 0 saturated carbocycles. The zero-order chi connectivity index (χ0) is 18.9. The number of nitrogens with one attached hydrogen (secondary N) is 2. The number of carbonyl (C=O) groups is 1. The Morgan fingerprint density at radius 3 is 2.40 bits per heavy atom. The lowest BCUT2D eigenvalue weighted by molar-refractivity contribution is 0.00701. The van der Waals surface area contributed by atoms with E-state index in [0.29, 0.717) is 13.1 Å². The van der Waals surface area contributed by atoms with Gasteiger partial charge in [0.2, 0.25) is 0 Å². The summed E-state index contributed by atoms with van der Waals surface area (Å²) in [6.07, 6.45) is 2.05. The number of rotatable bonds is 8. The lowest BCUT2D eigenvalue weighted by Gasteiger charge is -2.40. The Labute approximate surface area is 153 Å². The van der Waals surface area contributed by atoms with Crippen LogP contribution in [-0.4, -0.2) is 79.8 Å². The van der Waals surface area contributed by atoms with E-state index in [1.165, 1.54) is 6.42 Å². The van der Waals surface area contributed by atoms with E-state index in [1.807, 2.05) is 20.8 Å². The minimum atomic E-state index is -0.446. The van der Waals surface area contributed by atoms with Crippen molar-refractivity contribution in [2.75, 3.05) is 46.3 Å². The Kier molecular flexibility index (Phi) is 9.03. The van der Waals surface area contributed by atoms with Crippen molar-refractivity contribution in [2.45, 2.75) is 59.1 Å². The van der Waals surface area contributed by atoms with Gasteiger partial charge in [-0.25, -0.2) is 4.79 Å². The minimum Gasteiger partial charge on any atom is -0.444 e. The molecule has 25 heavy (non-hydrogen) atoms. The second kappa shape index (κ2) is 10.5. The van der Waals surface area contributed by atoms with Crippen LogP contribution in [0.5, 0.6) is 0 Å². The van der Waals surface area contributed by atoms with Gasteiger partial charge in [0.15, 0.2) is 5.96 Å². The van der Waals surface area contributed by atoms with Gasteiger partial charge in [-0.3, -0.25) is 4.99 Å². The molecule has 2 N–H and O–H groups in total. The summed E-state index contributed by atoms with van der Waals surface area (Å²) >= 11 is 0. The Morgan fingerprint density at radius 1 is 1.24 bits per heavy atom. The molecule has 1 aliphatic rings. The van der Waals surface area contributed by atoms with E-state index in [2.05, 4.69) is 34.4 Å². The molecule has 1 heterocycles. The summed E-state index contributed by atoms with van der Waals surface area (Å²) < 4.78 is 5.36. The normalized spacial score (nSPS) is 16.0. The SMILES string of the molecule is CCN(CC)CCCCNC(=NC)NC1CN(C(=O)OC(C)(C)C)C1. The highest BCUT2D eigenvalue weighted by Gasteiger charge is 2.34. The first-order valence-electron chi connectivity index (χ1n) is 9.46. The second-order valence-corrected chi connectivity index (χ2v) is 7.46. The van der Waals surface area contributed by atoms with Crippen molar-refractivity contribution < 1.29 is 9.53 Å². The fourth-order valence-corrected chi connectivity index (χ4v) is 2.64. The summed E-state index contributed by atoms with van der Waals surface area (Å²) in [4.78, 5) is 20.3. The topological polar surface area (TPSA) is 69.2 Å². The lowest BCUT2D eigenvalue weighted by atomic mass is 10.1. The van der Waals surface area contributed by atoms with Gasteiger partial charge in [-0.15, -0.1) is 0 Å². The molecule has 7 nitrogen and oxygen atoms in total. The third-order valence-corrected chi connectivity index (χ3v) is 4.19. The Hall–Kier alpha value is -1.50. The molecule has 0 aliphatic carbocycles. The lowest BCUT2D eigenvalue weighted by Crippen LogP contribution is -2.63. The van der Waals surface area contributed by atoms with Crippen LogP contribution in [0.15, 0.2) is 4.99 Å². The Bertz CT molecular complexity index is 424. The summed E-state index contributed by atoms with van der Waals surface area (Å²) in [5, 5.41) is 6.70. The molecular formula is C18H37N5O2. The van der Waals surface area contributed by atoms with Gasteiger partial charge < -0.3 is 25.2 Å². The quantitative estimate of drug-likeness (QED) is 0.395. The van der Waals surface area contributed by atoms with Crippen LogP contribution in [0.1, 0.15) is 47.5 Å². The van der Waals surface area contributed by atoms with Gasteiger partial charge in [0.25, 0.3) is 0 Å². The first-order chi connectivity index (χ1) is 11.8. The molecule has 1 aliphatic heterocycles. The predicted octanol–water partition coefficient (Wildman–Crippen LogP) is 1.89. The van der Waals surface area contributed by atoms with Crippen LogP contribution in [0.3, 0.4) is 0 Å². The number of guanidine groups is 1. The van der Waals surface area contributed by atoms with E-state index >= 15 is 0 Å². The Morgan fingerprint density at radius 2 is 1.88 bits per heavy atom. The minimum absolute atomic E-state index is 0.231. The standard InChI is InChI=1S/C18H37N5O2/c1-7-22(8-2)12-10-9-11-20-16(19-6)21-15-13-23(14-15)17(24)25-18(3,4)5/h15H,7-14H2,1-6H3,(H2,19,20,21). The molecule has 0 unspecified atom stereocenters. The molecule has 0 aromatic rings. The van der Waals surface area contributed by atoms with Crippen molar-refractivity contribution in [3.8, 4) is 0 Å². The number of hydrogen-bond acceptors (Lipinski definition) is 4. The molecular weight excluding hydrogens is 318 g/mol. The van der Waals surface area contributed by atoms with Crippen LogP contribution < -0.4 is 10.6 Å². The van der Waals surface area contributed by atoms with Crippen LogP contribution in [0.2, 0.25) is 0 Å². The van der Waals surface area contributed by atoms with Crippen LogP contribution in [0.25, 0.3) is 0 Å². The second-order valence-electron chi connectivity index (χ2n) is 7.46. The van der Waals surface area contributed by atoms with Gasteiger partial charge in [-0.1, -0.05) is 13.8 Å². The number of amides is 1. The van der Waals surface area contributed by atoms with E-state index in [9.17, 15) is 4.79 Å². The van der Waals surface area contributed by atoms with Gasteiger partial charge in [0.05, 0.1) is 6.04 Å². The van der Waals surface area contributed by atoms with Crippen molar-refractivity contribution in [1.82, 2.24) is 20.4 Å². The fraction of sp³-hybridized carbons (Fsp3) is 0.889. The highest BCUT2D eigenvalue weighted by atomic mass is 16.6. The van der Waals surface area contributed by atoms with Crippen molar-refractivity contribution in [3.63, 3.8) is 0 Å². The predicted molar refractivity (Wildman–Crippen MR) is 103 cm³/mol. The highest BCUT2D eigenvalue weighted by molar-refractivity contribution is 5.80. The molecule has 146 valence electrons. The number of unbranched alkanes of at least 4 members (excludes halogenated alkanes) is 1. The first kappa shape index (κ1) is 21.5. The molecule has 1 saturated heterocycles. The number of nitrogens with zero attached hydrogens (tertiary/aromatic N) is 3. The molecule has 0 bridgehead atoms. The van der Waals surface area contributed by atoms with Gasteiger partial charge in [0.1, 0.15) is 5.60 Å². The monoisotopic (exact) mass is 355 g/mol. The average molecular weight is 356 g/mol. The molecule has 1 rings (SSSR count). The third-order valence-electron chi connectivity index (χ3n) is 4.19. The number of likely N-dealkylation sites (tertiary alicyclic amines) is 1. The molecule has 0 aromatic heterocycles. The maximum atomic E-state index is 11.9. The zero-order valence-electron chi connectivity index (χ0n) is 16.9. The van der Waals surface area contributed by atoms with Crippen LogP contribution in [0.4, 0.5) is 4.79 Å². The Balaban J connectivity index is 2.17. The van der Waals surface area contributed by atoms with Gasteiger partial charge in [-0.2, -0.15) is 0 Å². The van der Waals surface area contributed by atoms with Crippen molar-refractivity contribution in [1.29, 1.82) is 0 Å². The van der Waals surface area contributed by atoms with E-state index in [4.69, 9.17) is 4.74 Å². The smallest absolute Gasteiger partial charge is 0.410 e. The molecule has 0 atom stereocenters. The molecule has 1 amide bonds. The maximum absolute atomic E-state index is 11.9. The largest absolute Gasteiger partial charge is 0.444 e. The van der Waals surface area contributed by atoms with E-state index in [1.54, 1.807) is 11.9 Å². The highest BCUT2D eigenvalue weighted by Crippen LogP contribution is 2.15. The average Bonchev–Trinajstić information content (AvgIpc) is 2.49.